The van der Waals surface area contributed by atoms with Gasteiger partial charge in [0.2, 0.25) is 5.91 Å². The first-order valence-electron chi connectivity index (χ1n) is 6.43. The summed E-state index contributed by atoms with van der Waals surface area (Å²) in [6, 6.07) is 13.9. The van der Waals surface area contributed by atoms with Crippen molar-refractivity contribution in [3.8, 4) is 0 Å². The highest BCUT2D eigenvalue weighted by atomic mass is 35.5. The normalized spacial score (nSPS) is 10.1. The minimum Gasteiger partial charge on any atom is -0.478 e. The monoisotopic (exact) mass is 303 g/mol. The number of anilines is 1. The lowest BCUT2D eigenvalue weighted by Gasteiger charge is -2.08. The van der Waals surface area contributed by atoms with Crippen LogP contribution in [0, 0.1) is 0 Å². The van der Waals surface area contributed by atoms with Gasteiger partial charge < -0.3 is 10.4 Å². The summed E-state index contributed by atoms with van der Waals surface area (Å²) in [5.41, 5.74) is 1.59. The highest BCUT2D eigenvalue weighted by Crippen LogP contribution is 2.23. The van der Waals surface area contributed by atoms with Gasteiger partial charge in [-0.05, 0) is 30.2 Å². The standard InChI is InChI=1S/C16H14ClNO3/c17-13-10-12(16(20)21)7-8-14(13)18-15(19)9-6-11-4-2-1-3-5-11/h1-5,7-8,10H,6,9H2,(H,18,19)(H,20,21). The number of nitrogens with one attached hydrogen (secondary N) is 1. The molecule has 0 aliphatic heterocycles. The third kappa shape index (κ3) is 4.33. The van der Waals surface area contributed by atoms with E-state index in [2.05, 4.69) is 5.32 Å². The summed E-state index contributed by atoms with van der Waals surface area (Å²) in [5, 5.41) is 11.7. The van der Waals surface area contributed by atoms with Gasteiger partial charge in [0.1, 0.15) is 0 Å². The maximum Gasteiger partial charge on any atom is 0.335 e. The first-order chi connectivity index (χ1) is 10.1. The van der Waals surface area contributed by atoms with E-state index >= 15 is 0 Å². The lowest BCUT2D eigenvalue weighted by atomic mass is 10.1. The summed E-state index contributed by atoms with van der Waals surface area (Å²) in [6.07, 6.45) is 0.971. The first kappa shape index (κ1) is 15.1. The number of hydrogen-bond acceptors (Lipinski definition) is 2. The van der Waals surface area contributed by atoms with Gasteiger partial charge in [-0.25, -0.2) is 4.79 Å². The van der Waals surface area contributed by atoms with Crippen molar-refractivity contribution in [1.29, 1.82) is 0 Å². The molecule has 0 fully saturated rings. The van der Waals surface area contributed by atoms with Crippen LogP contribution in [0.25, 0.3) is 0 Å². The van der Waals surface area contributed by atoms with Gasteiger partial charge in [-0.3, -0.25) is 4.79 Å². The van der Waals surface area contributed by atoms with Gasteiger partial charge in [0.15, 0.2) is 0 Å². The Hall–Kier alpha value is -2.33. The molecule has 108 valence electrons. The van der Waals surface area contributed by atoms with E-state index in [0.717, 1.165) is 5.56 Å². The minimum atomic E-state index is -1.06. The van der Waals surface area contributed by atoms with Crippen molar-refractivity contribution in [3.63, 3.8) is 0 Å². The summed E-state index contributed by atoms with van der Waals surface area (Å²) in [7, 11) is 0. The molecule has 0 atom stereocenters. The highest BCUT2D eigenvalue weighted by Gasteiger charge is 2.09. The van der Waals surface area contributed by atoms with Crippen LogP contribution < -0.4 is 5.32 Å². The van der Waals surface area contributed by atoms with Gasteiger partial charge in [0.05, 0.1) is 16.3 Å². The number of carboxylic acids is 1. The number of carboxylic acid groups (broad SMARTS) is 1. The molecule has 0 saturated carbocycles. The summed E-state index contributed by atoms with van der Waals surface area (Å²) >= 11 is 5.96. The van der Waals surface area contributed by atoms with Gasteiger partial charge in [0, 0.05) is 6.42 Å². The molecule has 2 N–H and O–H groups in total. The predicted octanol–water partition coefficient (Wildman–Crippen LogP) is 3.61. The second kappa shape index (κ2) is 6.90. The van der Waals surface area contributed by atoms with Crippen molar-refractivity contribution >= 4 is 29.2 Å². The molecule has 0 radical (unpaired) electrons. The molecule has 0 aliphatic carbocycles. The number of aryl methyl sites for hydroxylation is 1. The maximum atomic E-state index is 11.9. The largest absolute Gasteiger partial charge is 0.478 e. The summed E-state index contributed by atoms with van der Waals surface area (Å²) < 4.78 is 0. The molecule has 0 spiro atoms. The number of halogens is 1. The lowest BCUT2D eigenvalue weighted by Crippen LogP contribution is -2.13. The smallest absolute Gasteiger partial charge is 0.335 e. The Bertz CT molecular complexity index is 656. The van der Waals surface area contributed by atoms with E-state index < -0.39 is 5.97 Å². The zero-order chi connectivity index (χ0) is 15.2. The molecule has 0 saturated heterocycles. The maximum absolute atomic E-state index is 11.9. The van der Waals surface area contributed by atoms with Crippen LogP contribution in [-0.2, 0) is 11.2 Å². The second-order valence-electron chi connectivity index (χ2n) is 4.53. The lowest BCUT2D eigenvalue weighted by molar-refractivity contribution is -0.116. The Balaban J connectivity index is 1.95. The van der Waals surface area contributed by atoms with Gasteiger partial charge >= 0.3 is 5.97 Å². The third-order valence-electron chi connectivity index (χ3n) is 2.97. The number of carbonyl (C=O) groups excluding carboxylic acids is 1. The van der Waals surface area contributed by atoms with E-state index in [1.165, 1.54) is 18.2 Å². The Morgan fingerprint density at radius 2 is 1.81 bits per heavy atom. The molecule has 4 nitrogen and oxygen atoms in total. The van der Waals surface area contributed by atoms with Gasteiger partial charge in [-0.2, -0.15) is 0 Å². The number of rotatable bonds is 5. The number of hydrogen-bond donors (Lipinski definition) is 2. The van der Waals surface area contributed by atoms with Crippen LogP contribution in [-0.4, -0.2) is 17.0 Å². The molecule has 5 heteroatoms. The van der Waals surface area contributed by atoms with Crippen molar-refractivity contribution in [1.82, 2.24) is 0 Å². The molecule has 0 unspecified atom stereocenters. The van der Waals surface area contributed by atoms with E-state index in [1.54, 1.807) is 0 Å². The van der Waals surface area contributed by atoms with E-state index in [1.807, 2.05) is 30.3 Å². The Labute approximate surface area is 127 Å². The summed E-state index contributed by atoms with van der Waals surface area (Å²) in [4.78, 5) is 22.7. The van der Waals surface area contributed by atoms with Crippen LogP contribution in [0.1, 0.15) is 22.3 Å². The molecule has 2 rings (SSSR count). The highest BCUT2D eigenvalue weighted by molar-refractivity contribution is 6.34. The van der Waals surface area contributed by atoms with Crippen LogP contribution in [0.15, 0.2) is 48.5 Å². The molecule has 21 heavy (non-hydrogen) atoms. The molecular weight excluding hydrogens is 290 g/mol. The van der Waals surface area contributed by atoms with Crippen LogP contribution in [0.2, 0.25) is 5.02 Å². The van der Waals surface area contributed by atoms with Crippen molar-refractivity contribution in [2.75, 3.05) is 5.32 Å². The van der Waals surface area contributed by atoms with Crippen molar-refractivity contribution in [2.24, 2.45) is 0 Å². The van der Waals surface area contributed by atoms with E-state index in [0.29, 0.717) is 18.5 Å². The molecule has 0 aromatic heterocycles. The van der Waals surface area contributed by atoms with Crippen molar-refractivity contribution in [2.45, 2.75) is 12.8 Å². The Morgan fingerprint density at radius 1 is 1.10 bits per heavy atom. The van der Waals surface area contributed by atoms with Gasteiger partial charge in [-0.1, -0.05) is 41.9 Å². The zero-order valence-electron chi connectivity index (χ0n) is 11.2. The fraction of sp³-hybridized carbons (Fsp3) is 0.125. The number of benzene rings is 2. The fourth-order valence-electron chi connectivity index (χ4n) is 1.86. The number of carbonyl (C=O) groups is 2. The number of amides is 1. The number of aromatic carboxylic acids is 1. The van der Waals surface area contributed by atoms with E-state index in [9.17, 15) is 9.59 Å². The first-order valence-corrected chi connectivity index (χ1v) is 6.80. The van der Waals surface area contributed by atoms with Crippen molar-refractivity contribution < 1.29 is 14.7 Å². The minimum absolute atomic E-state index is 0.0854. The summed E-state index contributed by atoms with van der Waals surface area (Å²) in [5.74, 6) is -1.22. The van der Waals surface area contributed by atoms with Gasteiger partial charge in [-0.15, -0.1) is 0 Å². The molecule has 0 heterocycles. The molecular formula is C16H14ClNO3. The summed E-state index contributed by atoms with van der Waals surface area (Å²) in [6.45, 7) is 0. The molecule has 2 aromatic rings. The second-order valence-corrected chi connectivity index (χ2v) is 4.94. The van der Waals surface area contributed by atoms with Crippen molar-refractivity contribution in [3.05, 3.63) is 64.7 Å². The SMILES string of the molecule is O=C(CCc1ccccc1)Nc1ccc(C(=O)O)cc1Cl. The molecule has 1 amide bonds. The van der Waals surface area contributed by atoms with Crippen LogP contribution in [0.4, 0.5) is 5.69 Å². The van der Waals surface area contributed by atoms with E-state index in [-0.39, 0.29) is 16.5 Å². The third-order valence-corrected chi connectivity index (χ3v) is 3.29. The molecule has 2 aromatic carbocycles. The zero-order valence-corrected chi connectivity index (χ0v) is 11.9. The Kier molecular flexibility index (Phi) is 4.95. The predicted molar refractivity (Wildman–Crippen MR) is 81.8 cm³/mol. The molecule has 0 aliphatic rings. The average Bonchev–Trinajstić information content (AvgIpc) is 2.48. The van der Waals surface area contributed by atoms with Crippen LogP contribution in [0.3, 0.4) is 0 Å². The topological polar surface area (TPSA) is 66.4 Å². The quantitative estimate of drug-likeness (QED) is 0.886. The Morgan fingerprint density at radius 3 is 2.43 bits per heavy atom. The fourth-order valence-corrected chi connectivity index (χ4v) is 2.09. The van der Waals surface area contributed by atoms with Crippen LogP contribution >= 0.6 is 11.6 Å². The van der Waals surface area contributed by atoms with Crippen LogP contribution in [0.5, 0.6) is 0 Å². The molecule has 0 bridgehead atoms. The average molecular weight is 304 g/mol. The van der Waals surface area contributed by atoms with E-state index in [4.69, 9.17) is 16.7 Å². The van der Waals surface area contributed by atoms with Gasteiger partial charge in [0.25, 0.3) is 0 Å².